The Kier molecular flexibility index (Phi) is 7.74. The predicted octanol–water partition coefficient (Wildman–Crippen LogP) is 5.89. The molecule has 0 spiro atoms. The molecule has 1 saturated heterocycles. The third kappa shape index (κ3) is 5.80. The van der Waals surface area contributed by atoms with Gasteiger partial charge in [-0.15, -0.1) is 0 Å². The molecule has 1 unspecified atom stereocenters. The molecule has 0 aromatic heterocycles. The van der Waals surface area contributed by atoms with E-state index in [0.717, 1.165) is 17.2 Å². The van der Waals surface area contributed by atoms with E-state index in [1.165, 1.54) is 6.07 Å². The molecule has 4 rings (SSSR count). The zero-order valence-corrected chi connectivity index (χ0v) is 21.5. The predicted molar refractivity (Wildman–Crippen MR) is 140 cm³/mol. The van der Waals surface area contributed by atoms with Crippen molar-refractivity contribution in [3.8, 4) is 11.5 Å². The van der Waals surface area contributed by atoms with Gasteiger partial charge in [-0.2, -0.15) is 13.2 Å². The number of aromatic hydroxyl groups is 1. The Morgan fingerprint density at radius 2 is 1.53 bits per heavy atom. The van der Waals surface area contributed by atoms with Gasteiger partial charge in [0.15, 0.2) is 0 Å². The van der Waals surface area contributed by atoms with E-state index in [-0.39, 0.29) is 17.4 Å². The normalized spacial score (nSPS) is 16.9. The summed E-state index contributed by atoms with van der Waals surface area (Å²) in [5.41, 5.74) is 5.47. The van der Waals surface area contributed by atoms with E-state index in [9.17, 15) is 23.1 Å². The Balaban J connectivity index is 1.51. The van der Waals surface area contributed by atoms with E-state index in [0.29, 0.717) is 38.4 Å². The highest BCUT2D eigenvalue weighted by Crippen LogP contribution is 2.40. The molecule has 8 heteroatoms. The molecule has 1 fully saturated rings. The molecule has 1 aliphatic rings. The first-order valence-electron chi connectivity index (χ1n) is 12.7. The average molecular weight is 527 g/mol. The lowest BCUT2D eigenvalue weighted by Crippen LogP contribution is -2.47. The van der Waals surface area contributed by atoms with Gasteiger partial charge in [-0.3, -0.25) is 9.69 Å². The number of amides is 1. The fraction of sp³-hybridized carbons (Fsp3) is 0.367. The van der Waals surface area contributed by atoms with Gasteiger partial charge >= 0.3 is 6.18 Å². The summed E-state index contributed by atoms with van der Waals surface area (Å²) < 4.78 is 45.3. The van der Waals surface area contributed by atoms with Crippen LogP contribution in [0.15, 0.2) is 78.9 Å². The molecule has 3 N–H and O–H groups in total. The molecular weight excluding hydrogens is 493 g/mol. The second-order valence-corrected chi connectivity index (χ2v) is 10.5. The maximum atomic E-state index is 13.2. The lowest BCUT2D eigenvalue weighted by molar-refractivity contribution is -0.137. The van der Waals surface area contributed by atoms with Gasteiger partial charge in [0.25, 0.3) is 0 Å². The Hall–Kier alpha value is -3.52. The van der Waals surface area contributed by atoms with Crippen molar-refractivity contribution in [3.63, 3.8) is 0 Å². The number of primary amides is 1. The number of nitrogens with two attached hydrogens (primary N) is 1. The van der Waals surface area contributed by atoms with Crippen molar-refractivity contribution >= 4 is 5.91 Å². The number of carbonyl (C=O) groups excluding carboxylic acids is 1. The fourth-order valence-electron chi connectivity index (χ4n) is 5.34. The van der Waals surface area contributed by atoms with Crippen molar-refractivity contribution < 1.29 is 27.8 Å². The van der Waals surface area contributed by atoms with Crippen LogP contribution in [0.2, 0.25) is 0 Å². The van der Waals surface area contributed by atoms with Crippen molar-refractivity contribution in [2.75, 3.05) is 13.1 Å². The number of nitrogens with zero attached hydrogens (tertiary/aromatic N) is 1. The van der Waals surface area contributed by atoms with E-state index in [1.807, 2.05) is 60.7 Å². The van der Waals surface area contributed by atoms with Gasteiger partial charge in [-0.05, 0) is 56.4 Å². The zero-order valence-electron chi connectivity index (χ0n) is 21.5. The Morgan fingerprint density at radius 1 is 0.947 bits per heavy atom. The van der Waals surface area contributed by atoms with Crippen LogP contribution in [0, 0.1) is 0 Å². The van der Waals surface area contributed by atoms with Crippen LogP contribution in [0.1, 0.15) is 49.8 Å². The first-order chi connectivity index (χ1) is 17.9. The van der Waals surface area contributed by atoms with E-state index in [4.69, 9.17) is 10.5 Å². The number of ether oxygens (including phenoxy) is 1. The molecule has 0 radical (unpaired) electrons. The third-order valence-corrected chi connectivity index (χ3v) is 7.59. The molecule has 3 aromatic carbocycles. The summed E-state index contributed by atoms with van der Waals surface area (Å²) in [6.45, 7) is 5.37. The van der Waals surface area contributed by atoms with Gasteiger partial charge in [0.1, 0.15) is 17.6 Å². The number of phenolic OH excluding ortho intramolecular Hbond substituents is 1. The minimum Gasteiger partial charge on any atom is -0.508 e. The molecule has 5 nitrogen and oxygen atoms in total. The van der Waals surface area contributed by atoms with Crippen molar-refractivity contribution in [1.29, 1.82) is 0 Å². The summed E-state index contributed by atoms with van der Waals surface area (Å²) in [5, 5.41) is 9.76. The molecule has 1 atom stereocenters. The minimum atomic E-state index is -4.58. The van der Waals surface area contributed by atoms with Crippen molar-refractivity contribution in [2.45, 2.75) is 56.3 Å². The zero-order chi connectivity index (χ0) is 27.6. The number of alkyl halides is 3. The van der Waals surface area contributed by atoms with E-state index in [1.54, 1.807) is 0 Å². The molecule has 0 bridgehead atoms. The summed E-state index contributed by atoms with van der Waals surface area (Å²) in [5.74, 6) is -0.921. The quantitative estimate of drug-likeness (QED) is 0.364. The van der Waals surface area contributed by atoms with Crippen LogP contribution in [0.3, 0.4) is 0 Å². The summed E-state index contributed by atoms with van der Waals surface area (Å²) in [6, 6.07) is 21.9. The second-order valence-electron chi connectivity index (χ2n) is 10.5. The summed E-state index contributed by atoms with van der Waals surface area (Å²) in [6.07, 6.45) is -3.17. The minimum absolute atomic E-state index is 0.0112. The number of halogens is 3. The molecule has 38 heavy (non-hydrogen) atoms. The number of rotatable bonds is 9. The molecular formula is C30H33F3N2O3. The Labute approximate surface area is 221 Å². The number of likely N-dealkylation sites (tertiary alicyclic amines) is 1. The highest BCUT2D eigenvalue weighted by molar-refractivity contribution is 5.90. The van der Waals surface area contributed by atoms with Gasteiger partial charge in [-0.25, -0.2) is 0 Å². The number of hydrogen-bond acceptors (Lipinski definition) is 4. The molecule has 3 aromatic rings. The summed E-state index contributed by atoms with van der Waals surface area (Å²) in [4.78, 5) is 15.4. The number of benzene rings is 3. The molecule has 0 saturated carbocycles. The molecule has 1 aliphatic heterocycles. The van der Waals surface area contributed by atoms with Gasteiger partial charge in [0.05, 0.1) is 11.0 Å². The SMILES string of the molecule is CC(C)(CCC(C(N)=O)(c1ccccc1)c1ccccc1)N1CCC(Oc2cc(O)cc(C(F)(F)F)c2)C1. The topological polar surface area (TPSA) is 75.8 Å². The van der Waals surface area contributed by atoms with Crippen molar-refractivity contribution in [1.82, 2.24) is 4.90 Å². The van der Waals surface area contributed by atoms with Crippen LogP contribution < -0.4 is 10.5 Å². The van der Waals surface area contributed by atoms with Crippen LogP contribution in [0.25, 0.3) is 0 Å². The van der Waals surface area contributed by atoms with Gasteiger partial charge in [0.2, 0.25) is 5.91 Å². The van der Waals surface area contributed by atoms with Gasteiger partial charge in [-0.1, -0.05) is 60.7 Å². The van der Waals surface area contributed by atoms with Crippen molar-refractivity contribution in [3.05, 3.63) is 95.6 Å². The third-order valence-electron chi connectivity index (χ3n) is 7.59. The summed E-state index contributed by atoms with van der Waals surface area (Å²) >= 11 is 0. The summed E-state index contributed by atoms with van der Waals surface area (Å²) in [7, 11) is 0. The van der Waals surface area contributed by atoms with Crippen LogP contribution in [0.4, 0.5) is 13.2 Å². The largest absolute Gasteiger partial charge is 0.508 e. The van der Waals surface area contributed by atoms with Crippen LogP contribution in [0.5, 0.6) is 11.5 Å². The second kappa shape index (κ2) is 10.7. The highest BCUT2D eigenvalue weighted by Gasteiger charge is 2.43. The highest BCUT2D eigenvalue weighted by atomic mass is 19.4. The molecule has 1 heterocycles. The molecule has 0 aliphatic carbocycles. The standard InChI is InChI=1S/C30H33F3N2O3/c1-28(2,35-16-13-25(20-35)38-26-18-23(30(31,32)33)17-24(36)19-26)14-15-29(27(34)37,21-9-5-3-6-10-21)22-11-7-4-8-12-22/h3-12,17-19,25,36H,13-16,20H2,1-2H3,(H2,34,37). The number of carbonyl (C=O) groups is 1. The van der Waals surface area contributed by atoms with Crippen LogP contribution in [-0.2, 0) is 16.4 Å². The lowest BCUT2D eigenvalue weighted by Gasteiger charge is -2.40. The van der Waals surface area contributed by atoms with Gasteiger partial charge < -0.3 is 15.6 Å². The number of hydrogen-bond donors (Lipinski definition) is 2. The first-order valence-corrected chi connectivity index (χ1v) is 12.7. The fourth-order valence-corrected chi connectivity index (χ4v) is 5.34. The van der Waals surface area contributed by atoms with Crippen LogP contribution in [-0.4, -0.2) is 40.6 Å². The Morgan fingerprint density at radius 3 is 2.05 bits per heavy atom. The van der Waals surface area contributed by atoms with E-state index >= 15 is 0 Å². The van der Waals surface area contributed by atoms with E-state index < -0.39 is 28.8 Å². The smallest absolute Gasteiger partial charge is 0.416 e. The average Bonchev–Trinajstić information content (AvgIpc) is 3.34. The number of phenols is 1. The first kappa shape index (κ1) is 27.5. The Bertz CT molecular complexity index is 1210. The monoisotopic (exact) mass is 526 g/mol. The molecule has 1 amide bonds. The van der Waals surface area contributed by atoms with Crippen molar-refractivity contribution in [2.24, 2.45) is 5.73 Å². The molecule has 202 valence electrons. The maximum absolute atomic E-state index is 13.2. The lowest BCUT2D eigenvalue weighted by atomic mass is 9.69. The van der Waals surface area contributed by atoms with Gasteiger partial charge in [0, 0.05) is 24.7 Å². The van der Waals surface area contributed by atoms with Crippen LogP contribution >= 0.6 is 0 Å². The maximum Gasteiger partial charge on any atom is 0.416 e. The van der Waals surface area contributed by atoms with E-state index in [2.05, 4.69) is 18.7 Å².